The van der Waals surface area contributed by atoms with Gasteiger partial charge in [-0.1, -0.05) is 35.3 Å². The van der Waals surface area contributed by atoms with Crippen LogP contribution in [0.5, 0.6) is 0 Å². The molecule has 2 aromatic carbocycles. The predicted octanol–water partition coefficient (Wildman–Crippen LogP) is 2.78. The second kappa shape index (κ2) is 8.93. The lowest BCUT2D eigenvalue weighted by Gasteiger charge is -2.05. The highest BCUT2D eigenvalue weighted by molar-refractivity contribution is 6.42. The van der Waals surface area contributed by atoms with Gasteiger partial charge < -0.3 is 5.32 Å². The van der Waals surface area contributed by atoms with Crippen LogP contribution in [0.2, 0.25) is 10.0 Å². The Labute approximate surface area is 157 Å². The largest absolute Gasteiger partial charge is 0.343 e. The maximum absolute atomic E-state index is 11.9. The molecule has 0 radical (unpaired) electrons. The molecule has 134 valence electrons. The molecule has 26 heavy (non-hydrogen) atoms. The minimum atomic E-state index is -0.603. The molecule has 2 aromatic rings. The molecule has 0 aliphatic carbocycles. The number of benzene rings is 2. The number of nitrogens with zero attached hydrogens (tertiary/aromatic N) is 2. The van der Waals surface area contributed by atoms with Crippen LogP contribution in [0.4, 0.5) is 5.69 Å². The lowest BCUT2D eigenvalue weighted by molar-refractivity contribution is -0.385. The van der Waals surface area contributed by atoms with Crippen LogP contribution in [0, 0.1) is 10.1 Å². The Hall–Kier alpha value is -2.97. The van der Waals surface area contributed by atoms with Crippen molar-refractivity contribution in [1.29, 1.82) is 0 Å². The first-order valence-electron chi connectivity index (χ1n) is 7.17. The van der Waals surface area contributed by atoms with Crippen LogP contribution in [-0.2, 0) is 4.79 Å². The molecule has 0 fully saturated rings. The van der Waals surface area contributed by atoms with Gasteiger partial charge in [0.15, 0.2) is 0 Å². The predicted molar refractivity (Wildman–Crippen MR) is 97.6 cm³/mol. The molecule has 0 aromatic heterocycles. The molecule has 2 rings (SSSR count). The average Bonchev–Trinajstić information content (AvgIpc) is 2.62. The van der Waals surface area contributed by atoms with E-state index in [2.05, 4.69) is 15.8 Å². The number of halogens is 2. The standard InChI is InChI=1S/C16H12Cl2N4O4/c17-12-6-5-10(7-13(12)18)16(24)19-9-15(23)21-20-8-11-3-1-2-4-14(11)22(25)26/h1-8H,9H2,(H,19,24)(H,21,23)/b20-8-. The summed E-state index contributed by atoms with van der Waals surface area (Å²) < 4.78 is 0. The van der Waals surface area contributed by atoms with Crippen molar-refractivity contribution in [2.75, 3.05) is 6.54 Å². The van der Waals surface area contributed by atoms with E-state index >= 15 is 0 Å². The van der Waals surface area contributed by atoms with E-state index in [-0.39, 0.29) is 28.4 Å². The van der Waals surface area contributed by atoms with E-state index in [0.29, 0.717) is 5.02 Å². The summed E-state index contributed by atoms with van der Waals surface area (Å²) in [5.74, 6) is -1.12. The third-order valence-electron chi connectivity index (χ3n) is 3.12. The molecule has 2 amide bonds. The van der Waals surface area contributed by atoms with Gasteiger partial charge >= 0.3 is 0 Å². The molecule has 8 nitrogen and oxygen atoms in total. The fourth-order valence-electron chi connectivity index (χ4n) is 1.88. The summed E-state index contributed by atoms with van der Waals surface area (Å²) in [7, 11) is 0. The van der Waals surface area contributed by atoms with Crippen molar-refractivity contribution >= 4 is 46.9 Å². The number of rotatable bonds is 6. The lowest BCUT2D eigenvalue weighted by atomic mass is 10.2. The number of nitro benzene ring substituents is 1. The summed E-state index contributed by atoms with van der Waals surface area (Å²) in [6.07, 6.45) is 1.15. The molecule has 0 saturated carbocycles. The third kappa shape index (κ3) is 5.27. The molecular formula is C16H12Cl2N4O4. The van der Waals surface area contributed by atoms with E-state index in [0.717, 1.165) is 6.21 Å². The number of hydrazone groups is 1. The van der Waals surface area contributed by atoms with Crippen LogP contribution in [0.15, 0.2) is 47.6 Å². The summed E-state index contributed by atoms with van der Waals surface area (Å²) in [4.78, 5) is 33.9. The van der Waals surface area contributed by atoms with Crippen molar-refractivity contribution in [1.82, 2.24) is 10.7 Å². The second-order valence-electron chi connectivity index (χ2n) is 4.92. The summed E-state index contributed by atoms with van der Waals surface area (Å²) in [6, 6.07) is 10.2. The van der Waals surface area contributed by atoms with Gasteiger partial charge in [0, 0.05) is 11.6 Å². The zero-order valence-corrected chi connectivity index (χ0v) is 14.6. The molecule has 10 heteroatoms. The Morgan fingerprint density at radius 1 is 1.15 bits per heavy atom. The van der Waals surface area contributed by atoms with Gasteiger partial charge in [0.25, 0.3) is 17.5 Å². The van der Waals surface area contributed by atoms with Crippen LogP contribution >= 0.6 is 23.2 Å². The number of carbonyl (C=O) groups is 2. The van der Waals surface area contributed by atoms with Crippen molar-refractivity contribution < 1.29 is 14.5 Å². The highest BCUT2D eigenvalue weighted by atomic mass is 35.5. The molecule has 0 saturated heterocycles. The minimum Gasteiger partial charge on any atom is -0.343 e. The topological polar surface area (TPSA) is 114 Å². The molecular weight excluding hydrogens is 383 g/mol. The van der Waals surface area contributed by atoms with Gasteiger partial charge in [0.2, 0.25) is 0 Å². The molecule has 0 heterocycles. The minimum absolute atomic E-state index is 0.140. The number of para-hydroxylation sites is 1. The van der Waals surface area contributed by atoms with Gasteiger partial charge in [0.1, 0.15) is 0 Å². The quantitative estimate of drug-likeness (QED) is 0.445. The van der Waals surface area contributed by atoms with Crippen molar-refractivity contribution in [3.63, 3.8) is 0 Å². The SMILES string of the molecule is O=C(CNC(=O)c1ccc(Cl)c(Cl)c1)N/N=C\c1ccccc1[N+](=O)[O-]. The van der Waals surface area contributed by atoms with Gasteiger partial charge in [-0.25, -0.2) is 5.43 Å². The number of amides is 2. The first-order chi connectivity index (χ1) is 12.4. The highest BCUT2D eigenvalue weighted by Gasteiger charge is 2.11. The van der Waals surface area contributed by atoms with Gasteiger partial charge in [-0.15, -0.1) is 0 Å². The molecule has 0 aliphatic heterocycles. The highest BCUT2D eigenvalue weighted by Crippen LogP contribution is 2.22. The maximum atomic E-state index is 11.9. The Bertz CT molecular complexity index is 886. The molecule has 0 bridgehead atoms. The molecule has 2 N–H and O–H groups in total. The fourth-order valence-corrected chi connectivity index (χ4v) is 2.17. The van der Waals surface area contributed by atoms with E-state index in [1.807, 2.05) is 0 Å². The van der Waals surface area contributed by atoms with Crippen molar-refractivity contribution in [3.8, 4) is 0 Å². The first kappa shape index (κ1) is 19.4. The normalized spacial score (nSPS) is 10.5. The van der Waals surface area contributed by atoms with Gasteiger partial charge in [-0.05, 0) is 24.3 Å². The Morgan fingerprint density at radius 2 is 1.88 bits per heavy atom. The molecule has 0 spiro atoms. The number of carbonyl (C=O) groups excluding carboxylic acids is 2. The number of nitro groups is 1. The van der Waals surface area contributed by atoms with E-state index in [1.165, 1.54) is 36.4 Å². The number of hydrogen-bond donors (Lipinski definition) is 2. The van der Waals surface area contributed by atoms with Gasteiger partial charge in [-0.2, -0.15) is 5.10 Å². The first-order valence-corrected chi connectivity index (χ1v) is 7.92. The van der Waals surface area contributed by atoms with Crippen molar-refractivity contribution in [2.24, 2.45) is 5.10 Å². The van der Waals surface area contributed by atoms with Crippen LogP contribution in [0.3, 0.4) is 0 Å². The van der Waals surface area contributed by atoms with E-state index < -0.39 is 16.7 Å². The summed E-state index contributed by atoms with van der Waals surface area (Å²) in [6.45, 7) is -0.340. The zero-order valence-electron chi connectivity index (χ0n) is 13.1. The molecule has 0 atom stereocenters. The fraction of sp³-hybridized carbons (Fsp3) is 0.0625. The number of nitrogens with one attached hydrogen (secondary N) is 2. The van der Waals surface area contributed by atoms with Crippen LogP contribution in [-0.4, -0.2) is 29.5 Å². The smallest absolute Gasteiger partial charge is 0.278 e. The third-order valence-corrected chi connectivity index (χ3v) is 3.86. The van der Waals surface area contributed by atoms with Crippen LogP contribution in [0.25, 0.3) is 0 Å². The second-order valence-corrected chi connectivity index (χ2v) is 5.74. The lowest BCUT2D eigenvalue weighted by Crippen LogP contribution is -2.34. The Kier molecular flexibility index (Phi) is 6.65. The monoisotopic (exact) mass is 394 g/mol. The van der Waals surface area contributed by atoms with Gasteiger partial charge in [0.05, 0.1) is 33.3 Å². The van der Waals surface area contributed by atoms with Crippen LogP contribution in [0.1, 0.15) is 15.9 Å². The Morgan fingerprint density at radius 3 is 2.58 bits per heavy atom. The average molecular weight is 395 g/mol. The van der Waals surface area contributed by atoms with E-state index in [1.54, 1.807) is 6.07 Å². The summed E-state index contributed by atoms with van der Waals surface area (Å²) in [5, 5.41) is 17.4. The van der Waals surface area contributed by atoms with E-state index in [9.17, 15) is 19.7 Å². The van der Waals surface area contributed by atoms with Crippen LogP contribution < -0.4 is 10.7 Å². The summed E-state index contributed by atoms with van der Waals surface area (Å²) >= 11 is 11.6. The van der Waals surface area contributed by atoms with Gasteiger partial charge in [-0.3, -0.25) is 19.7 Å². The van der Waals surface area contributed by atoms with E-state index in [4.69, 9.17) is 23.2 Å². The maximum Gasteiger partial charge on any atom is 0.278 e. The van der Waals surface area contributed by atoms with Crippen molar-refractivity contribution in [2.45, 2.75) is 0 Å². The zero-order chi connectivity index (χ0) is 19.1. The number of hydrogen-bond acceptors (Lipinski definition) is 5. The Balaban J connectivity index is 1.88. The van der Waals surface area contributed by atoms with Crippen molar-refractivity contribution in [3.05, 3.63) is 73.8 Å². The molecule has 0 aliphatic rings. The summed E-state index contributed by atoms with van der Waals surface area (Å²) in [5.41, 5.74) is 2.51. The molecule has 0 unspecified atom stereocenters.